The Morgan fingerprint density at radius 3 is 2.70 bits per heavy atom. The third-order valence-electron chi connectivity index (χ3n) is 3.10. The van der Waals surface area contributed by atoms with E-state index >= 15 is 0 Å². The van der Waals surface area contributed by atoms with Crippen molar-refractivity contribution in [2.45, 2.75) is 33.3 Å². The number of primary amides is 1. The van der Waals surface area contributed by atoms with Crippen LogP contribution in [0, 0.1) is 0 Å². The van der Waals surface area contributed by atoms with Crippen molar-refractivity contribution in [3.8, 4) is 5.75 Å². The van der Waals surface area contributed by atoms with Crippen molar-refractivity contribution < 1.29 is 14.3 Å². The van der Waals surface area contributed by atoms with Gasteiger partial charge >= 0.3 is 0 Å². The zero-order valence-electron chi connectivity index (χ0n) is 13.3. The Labute approximate surface area is 134 Å². The molecule has 0 fully saturated rings. The van der Waals surface area contributed by atoms with E-state index in [-0.39, 0.29) is 17.8 Å². The maximum absolute atomic E-state index is 12.2. The Morgan fingerprint density at radius 2 is 2.13 bits per heavy atom. The van der Waals surface area contributed by atoms with E-state index in [1.54, 1.807) is 12.3 Å². The minimum atomic E-state index is -0.560. The number of anilines is 1. The maximum atomic E-state index is 12.2. The lowest BCUT2D eigenvalue weighted by Crippen LogP contribution is -2.17. The van der Waals surface area contributed by atoms with E-state index in [0.29, 0.717) is 17.0 Å². The predicted octanol–water partition coefficient (Wildman–Crippen LogP) is 2.11. The summed E-state index contributed by atoms with van der Waals surface area (Å²) in [6, 6.07) is 4.63. The molecule has 1 aromatic heterocycles. The van der Waals surface area contributed by atoms with Crippen LogP contribution in [0.5, 0.6) is 5.75 Å². The van der Waals surface area contributed by atoms with Gasteiger partial charge in [-0.3, -0.25) is 9.59 Å². The molecule has 7 heteroatoms. The van der Waals surface area contributed by atoms with Crippen molar-refractivity contribution in [3.63, 3.8) is 0 Å². The van der Waals surface area contributed by atoms with E-state index in [1.807, 2.05) is 20.8 Å². The van der Waals surface area contributed by atoms with Crippen molar-refractivity contribution in [2.75, 3.05) is 5.32 Å². The fourth-order valence-electron chi connectivity index (χ4n) is 1.97. The first-order chi connectivity index (χ1) is 10.9. The highest BCUT2D eigenvalue weighted by atomic mass is 16.5. The van der Waals surface area contributed by atoms with Gasteiger partial charge in [0.2, 0.25) is 5.91 Å². The number of carbonyl (C=O) groups is 2. The summed E-state index contributed by atoms with van der Waals surface area (Å²) in [5, 5.41) is 2.73. The van der Waals surface area contributed by atoms with E-state index in [0.717, 1.165) is 12.1 Å². The molecule has 0 aliphatic carbocycles. The molecule has 0 saturated heterocycles. The third-order valence-corrected chi connectivity index (χ3v) is 3.10. The zero-order chi connectivity index (χ0) is 17.0. The lowest BCUT2D eigenvalue weighted by molar-refractivity contribution is 0.0997. The number of imidazole rings is 1. The van der Waals surface area contributed by atoms with Crippen LogP contribution in [-0.2, 0) is 6.42 Å². The summed E-state index contributed by atoms with van der Waals surface area (Å²) in [4.78, 5) is 30.5. The lowest BCUT2D eigenvalue weighted by atomic mass is 10.1. The summed E-state index contributed by atoms with van der Waals surface area (Å²) in [5.41, 5.74) is 6.91. The number of hydrogen-bond donors (Lipinski definition) is 3. The summed E-state index contributed by atoms with van der Waals surface area (Å²) < 4.78 is 5.65. The molecule has 0 aliphatic heterocycles. The summed E-state index contributed by atoms with van der Waals surface area (Å²) in [5.74, 6) is -0.344. The van der Waals surface area contributed by atoms with Gasteiger partial charge in [0.15, 0.2) is 5.82 Å². The second-order valence-electron chi connectivity index (χ2n) is 5.31. The number of nitrogens with two attached hydrogens (primary N) is 1. The van der Waals surface area contributed by atoms with Crippen LogP contribution in [0.15, 0.2) is 24.4 Å². The van der Waals surface area contributed by atoms with Gasteiger partial charge in [0, 0.05) is 17.5 Å². The molecule has 4 N–H and O–H groups in total. The number of aromatic nitrogens is 2. The Bertz CT molecular complexity index is 722. The van der Waals surface area contributed by atoms with E-state index in [2.05, 4.69) is 15.3 Å². The topological polar surface area (TPSA) is 110 Å². The molecule has 0 radical (unpaired) electrons. The van der Waals surface area contributed by atoms with Crippen molar-refractivity contribution in [1.82, 2.24) is 9.97 Å². The van der Waals surface area contributed by atoms with Crippen molar-refractivity contribution >= 4 is 17.5 Å². The number of nitrogens with zero attached hydrogens (tertiary/aromatic N) is 1. The van der Waals surface area contributed by atoms with Crippen LogP contribution >= 0.6 is 0 Å². The largest absolute Gasteiger partial charge is 0.489 e. The highest BCUT2D eigenvalue weighted by molar-refractivity contribution is 6.03. The number of benzene rings is 1. The number of H-pyrrole nitrogens is 1. The smallest absolute Gasteiger partial charge is 0.291 e. The second-order valence-corrected chi connectivity index (χ2v) is 5.31. The van der Waals surface area contributed by atoms with Gasteiger partial charge in [-0.15, -0.1) is 0 Å². The molecule has 2 aromatic rings. The SMILES string of the molecule is CCc1cnc(C(=O)Nc2ccc(C(N)=O)cc2OC(C)C)[nH]1. The van der Waals surface area contributed by atoms with E-state index in [4.69, 9.17) is 10.5 Å². The number of aromatic amines is 1. The van der Waals surface area contributed by atoms with E-state index in [1.165, 1.54) is 12.1 Å². The van der Waals surface area contributed by atoms with Gasteiger partial charge in [-0.25, -0.2) is 4.98 Å². The number of amides is 2. The molecule has 23 heavy (non-hydrogen) atoms. The Hall–Kier alpha value is -2.83. The van der Waals surface area contributed by atoms with Crippen LogP contribution in [0.4, 0.5) is 5.69 Å². The fraction of sp³-hybridized carbons (Fsp3) is 0.312. The van der Waals surface area contributed by atoms with E-state index < -0.39 is 5.91 Å². The Morgan fingerprint density at radius 1 is 1.39 bits per heavy atom. The maximum Gasteiger partial charge on any atom is 0.291 e. The van der Waals surface area contributed by atoms with Crippen molar-refractivity contribution in [3.05, 3.63) is 41.5 Å². The highest BCUT2D eigenvalue weighted by Gasteiger charge is 2.15. The number of rotatable bonds is 6. The van der Waals surface area contributed by atoms with Crippen LogP contribution < -0.4 is 15.8 Å². The average molecular weight is 316 g/mol. The molecule has 1 aromatic carbocycles. The van der Waals surface area contributed by atoms with E-state index in [9.17, 15) is 9.59 Å². The molecule has 0 atom stereocenters. The zero-order valence-corrected chi connectivity index (χ0v) is 13.3. The lowest BCUT2D eigenvalue weighted by Gasteiger charge is -2.15. The Balaban J connectivity index is 2.26. The summed E-state index contributed by atoms with van der Waals surface area (Å²) in [6.07, 6.45) is 2.26. The first kappa shape index (κ1) is 16.5. The molecular weight excluding hydrogens is 296 g/mol. The number of carbonyl (C=O) groups excluding carboxylic acids is 2. The van der Waals surface area contributed by atoms with Crippen LogP contribution in [0.2, 0.25) is 0 Å². The van der Waals surface area contributed by atoms with Gasteiger partial charge in [0.1, 0.15) is 5.75 Å². The van der Waals surface area contributed by atoms with Crippen LogP contribution in [0.1, 0.15) is 47.4 Å². The fourth-order valence-corrected chi connectivity index (χ4v) is 1.97. The van der Waals surface area contributed by atoms with Crippen LogP contribution in [0.25, 0.3) is 0 Å². The van der Waals surface area contributed by atoms with Gasteiger partial charge in [-0.1, -0.05) is 6.92 Å². The van der Waals surface area contributed by atoms with Gasteiger partial charge in [-0.2, -0.15) is 0 Å². The molecule has 0 spiro atoms. The first-order valence-corrected chi connectivity index (χ1v) is 7.36. The minimum Gasteiger partial charge on any atom is -0.489 e. The normalized spacial score (nSPS) is 10.6. The quantitative estimate of drug-likeness (QED) is 0.758. The Kier molecular flexibility index (Phi) is 5.00. The number of hydrogen-bond acceptors (Lipinski definition) is 4. The van der Waals surface area contributed by atoms with Gasteiger partial charge in [0.25, 0.3) is 5.91 Å². The molecule has 0 saturated carbocycles. The molecule has 7 nitrogen and oxygen atoms in total. The van der Waals surface area contributed by atoms with Crippen LogP contribution in [0.3, 0.4) is 0 Å². The molecule has 122 valence electrons. The standard InChI is InChI=1S/C16H20N4O3/c1-4-11-8-18-15(19-11)16(22)20-12-6-5-10(14(17)21)7-13(12)23-9(2)3/h5-9H,4H2,1-3H3,(H2,17,21)(H,18,19)(H,20,22). The molecule has 1 heterocycles. The second kappa shape index (κ2) is 6.95. The van der Waals surface area contributed by atoms with Gasteiger partial charge in [-0.05, 0) is 38.5 Å². The molecule has 2 amide bonds. The number of nitrogens with one attached hydrogen (secondary N) is 2. The number of ether oxygens (including phenoxy) is 1. The monoisotopic (exact) mass is 316 g/mol. The third kappa shape index (κ3) is 4.09. The van der Waals surface area contributed by atoms with Gasteiger partial charge < -0.3 is 20.8 Å². The molecular formula is C16H20N4O3. The number of aryl methyl sites for hydroxylation is 1. The first-order valence-electron chi connectivity index (χ1n) is 7.36. The summed E-state index contributed by atoms with van der Waals surface area (Å²) >= 11 is 0. The molecule has 0 unspecified atom stereocenters. The van der Waals surface area contributed by atoms with Crippen LogP contribution in [-0.4, -0.2) is 27.9 Å². The minimum absolute atomic E-state index is 0.121. The molecule has 0 aliphatic rings. The van der Waals surface area contributed by atoms with Gasteiger partial charge in [0.05, 0.1) is 11.8 Å². The average Bonchev–Trinajstić information content (AvgIpc) is 2.97. The summed E-state index contributed by atoms with van der Waals surface area (Å²) in [7, 11) is 0. The highest BCUT2D eigenvalue weighted by Crippen LogP contribution is 2.27. The van der Waals surface area contributed by atoms with Crippen molar-refractivity contribution in [2.24, 2.45) is 5.73 Å². The predicted molar refractivity (Wildman–Crippen MR) is 86.6 cm³/mol. The molecule has 2 rings (SSSR count). The van der Waals surface area contributed by atoms with Crippen molar-refractivity contribution in [1.29, 1.82) is 0 Å². The molecule has 0 bridgehead atoms. The summed E-state index contributed by atoms with van der Waals surface area (Å²) in [6.45, 7) is 5.66.